The lowest BCUT2D eigenvalue weighted by Crippen LogP contribution is -2.11. The van der Waals surface area contributed by atoms with Gasteiger partial charge in [-0.2, -0.15) is 13.2 Å². The number of imidazole rings is 2. The van der Waals surface area contributed by atoms with Crippen molar-refractivity contribution in [2.45, 2.75) is 26.1 Å². The quantitative estimate of drug-likeness (QED) is 0.534. The molecule has 0 aromatic carbocycles. The minimum absolute atomic E-state index is 0.0680. The number of aliphatic hydroxyl groups is 1. The number of aryl methyl sites for hydroxylation is 1. The van der Waals surface area contributed by atoms with Gasteiger partial charge in [-0.25, -0.2) is 15.0 Å². The van der Waals surface area contributed by atoms with Crippen LogP contribution in [0.2, 0.25) is 0 Å². The number of aromatic nitrogens is 5. The van der Waals surface area contributed by atoms with Gasteiger partial charge in [0.15, 0.2) is 5.65 Å². The maximum Gasteiger partial charge on any atom is 0.394 e. The van der Waals surface area contributed by atoms with Crippen LogP contribution < -0.4 is 5.32 Å². The molecule has 0 spiro atoms. The van der Waals surface area contributed by atoms with Crippen molar-refractivity contribution < 1.29 is 18.3 Å². The molecule has 0 aliphatic heterocycles. The van der Waals surface area contributed by atoms with Gasteiger partial charge in [0.1, 0.15) is 5.82 Å². The zero-order chi connectivity index (χ0) is 20.6. The van der Waals surface area contributed by atoms with Crippen LogP contribution in [0.5, 0.6) is 0 Å². The number of anilines is 2. The second-order valence-electron chi connectivity index (χ2n) is 6.54. The summed E-state index contributed by atoms with van der Waals surface area (Å²) in [5.41, 5.74) is 2.74. The standard InChI is InChI=1S/C19H17F3N6O/c1-12-8-28(11-23-12)16-4-5-17(26-15(16)10-29)25-14-3-2-6-27-9-13(24-18(14)27)7-19(20,21)22/h2-6,8-9,11,29H,7,10H2,1H3,(H,25,26). The third-order valence-electron chi connectivity index (χ3n) is 4.27. The number of nitrogens with one attached hydrogen (secondary N) is 1. The Labute approximate surface area is 163 Å². The van der Waals surface area contributed by atoms with Crippen LogP contribution in [-0.4, -0.2) is 35.2 Å². The number of alkyl halides is 3. The molecule has 0 amide bonds. The summed E-state index contributed by atoms with van der Waals surface area (Å²) in [6.07, 6.45) is 1.00. The van der Waals surface area contributed by atoms with Crippen molar-refractivity contribution in [3.8, 4) is 5.69 Å². The summed E-state index contributed by atoms with van der Waals surface area (Å²) < 4.78 is 41.3. The number of halogens is 3. The number of nitrogens with zero attached hydrogens (tertiary/aromatic N) is 5. The Bertz CT molecular complexity index is 1160. The highest BCUT2D eigenvalue weighted by Gasteiger charge is 2.29. The van der Waals surface area contributed by atoms with Gasteiger partial charge in [-0.05, 0) is 31.2 Å². The summed E-state index contributed by atoms with van der Waals surface area (Å²) in [7, 11) is 0. The van der Waals surface area contributed by atoms with Crippen molar-refractivity contribution in [3.63, 3.8) is 0 Å². The van der Waals surface area contributed by atoms with E-state index in [1.165, 1.54) is 10.6 Å². The van der Waals surface area contributed by atoms with Gasteiger partial charge in [-0.3, -0.25) is 0 Å². The molecule has 0 saturated carbocycles. The van der Waals surface area contributed by atoms with Crippen molar-refractivity contribution in [3.05, 3.63) is 66.3 Å². The molecule has 10 heteroatoms. The number of rotatable bonds is 5. The van der Waals surface area contributed by atoms with E-state index in [2.05, 4.69) is 20.3 Å². The molecule has 0 bridgehead atoms. The van der Waals surface area contributed by atoms with Gasteiger partial charge in [-0.15, -0.1) is 0 Å². The van der Waals surface area contributed by atoms with Gasteiger partial charge in [0.05, 0.1) is 47.8 Å². The van der Waals surface area contributed by atoms with Gasteiger partial charge in [0.2, 0.25) is 0 Å². The number of aliphatic hydroxyl groups excluding tert-OH is 1. The SMILES string of the molecule is Cc1cn(-c2ccc(Nc3cccn4cc(CC(F)(F)F)nc34)nc2CO)cn1. The van der Waals surface area contributed by atoms with E-state index in [1.54, 1.807) is 41.4 Å². The van der Waals surface area contributed by atoms with Crippen LogP contribution in [0.1, 0.15) is 17.1 Å². The zero-order valence-electron chi connectivity index (χ0n) is 15.4. The molecule has 0 saturated heterocycles. The van der Waals surface area contributed by atoms with Crippen LogP contribution >= 0.6 is 0 Å². The summed E-state index contributed by atoms with van der Waals surface area (Å²) in [4.78, 5) is 12.7. The van der Waals surface area contributed by atoms with Gasteiger partial charge >= 0.3 is 6.18 Å². The minimum Gasteiger partial charge on any atom is -0.390 e. The fourth-order valence-corrected chi connectivity index (χ4v) is 3.06. The third kappa shape index (κ3) is 4.06. The van der Waals surface area contributed by atoms with Crippen molar-refractivity contribution in [2.75, 3.05) is 5.32 Å². The Morgan fingerprint density at radius 3 is 2.66 bits per heavy atom. The van der Waals surface area contributed by atoms with E-state index < -0.39 is 12.6 Å². The lowest BCUT2D eigenvalue weighted by atomic mass is 10.3. The van der Waals surface area contributed by atoms with Crippen molar-refractivity contribution >= 4 is 17.2 Å². The van der Waals surface area contributed by atoms with Crippen LogP contribution in [0.4, 0.5) is 24.7 Å². The first-order valence-electron chi connectivity index (χ1n) is 8.74. The molecule has 2 N–H and O–H groups in total. The highest BCUT2D eigenvalue weighted by molar-refractivity contribution is 5.73. The van der Waals surface area contributed by atoms with Crippen LogP contribution in [-0.2, 0) is 13.0 Å². The first-order valence-corrected chi connectivity index (χ1v) is 8.74. The van der Waals surface area contributed by atoms with E-state index in [1.807, 2.05) is 13.1 Å². The Balaban J connectivity index is 1.66. The van der Waals surface area contributed by atoms with Crippen molar-refractivity contribution in [1.29, 1.82) is 0 Å². The normalized spacial score (nSPS) is 11.9. The number of pyridine rings is 2. The fraction of sp³-hybridized carbons (Fsp3) is 0.211. The minimum atomic E-state index is -4.33. The van der Waals surface area contributed by atoms with Crippen LogP contribution in [0.3, 0.4) is 0 Å². The lowest BCUT2D eigenvalue weighted by molar-refractivity contribution is -0.127. The van der Waals surface area contributed by atoms with E-state index in [-0.39, 0.29) is 12.3 Å². The third-order valence-corrected chi connectivity index (χ3v) is 4.27. The second kappa shape index (κ2) is 7.21. The largest absolute Gasteiger partial charge is 0.394 e. The van der Waals surface area contributed by atoms with Gasteiger partial charge in [0.25, 0.3) is 0 Å². The summed E-state index contributed by atoms with van der Waals surface area (Å²) in [6.45, 7) is 1.57. The Morgan fingerprint density at radius 2 is 1.97 bits per heavy atom. The second-order valence-corrected chi connectivity index (χ2v) is 6.54. The molecule has 4 heterocycles. The van der Waals surface area contributed by atoms with Crippen molar-refractivity contribution in [2.24, 2.45) is 0 Å². The summed E-state index contributed by atoms with van der Waals surface area (Å²) >= 11 is 0. The van der Waals surface area contributed by atoms with E-state index in [4.69, 9.17) is 0 Å². The van der Waals surface area contributed by atoms with E-state index in [0.717, 1.165) is 5.69 Å². The maximum absolute atomic E-state index is 12.7. The van der Waals surface area contributed by atoms with E-state index in [9.17, 15) is 18.3 Å². The number of hydrogen-bond acceptors (Lipinski definition) is 5. The highest BCUT2D eigenvalue weighted by atomic mass is 19.4. The van der Waals surface area contributed by atoms with Gasteiger partial charge in [0, 0.05) is 18.6 Å². The highest BCUT2D eigenvalue weighted by Crippen LogP contribution is 2.25. The summed E-state index contributed by atoms with van der Waals surface area (Å²) in [5.74, 6) is 0.433. The molecule has 7 nitrogen and oxygen atoms in total. The smallest absolute Gasteiger partial charge is 0.390 e. The topological polar surface area (TPSA) is 80.3 Å². The van der Waals surface area contributed by atoms with Crippen LogP contribution in [0.15, 0.2) is 49.2 Å². The first-order chi connectivity index (χ1) is 13.8. The Morgan fingerprint density at radius 1 is 1.14 bits per heavy atom. The van der Waals surface area contributed by atoms with E-state index in [0.29, 0.717) is 28.5 Å². The average Bonchev–Trinajstić information content (AvgIpc) is 3.26. The fourth-order valence-electron chi connectivity index (χ4n) is 3.06. The summed E-state index contributed by atoms with van der Waals surface area (Å²) in [6, 6.07) is 6.90. The molecule has 0 unspecified atom stereocenters. The van der Waals surface area contributed by atoms with Gasteiger partial charge < -0.3 is 19.4 Å². The molecule has 0 aliphatic rings. The monoisotopic (exact) mass is 402 g/mol. The predicted octanol–water partition coefficient (Wildman–Crippen LogP) is 3.56. The lowest BCUT2D eigenvalue weighted by Gasteiger charge is -2.11. The van der Waals surface area contributed by atoms with Crippen LogP contribution in [0, 0.1) is 6.92 Å². The Hall–Kier alpha value is -3.40. The molecular weight excluding hydrogens is 385 g/mol. The molecule has 0 aliphatic carbocycles. The Kier molecular flexibility index (Phi) is 4.71. The zero-order valence-corrected chi connectivity index (χ0v) is 15.4. The first kappa shape index (κ1) is 18.9. The number of fused-ring (bicyclic) bond motifs is 1. The van der Waals surface area contributed by atoms with Crippen molar-refractivity contribution in [1.82, 2.24) is 23.9 Å². The molecule has 4 aromatic heterocycles. The van der Waals surface area contributed by atoms with Gasteiger partial charge in [-0.1, -0.05) is 0 Å². The molecule has 150 valence electrons. The average molecular weight is 402 g/mol. The molecule has 0 radical (unpaired) electrons. The predicted molar refractivity (Wildman–Crippen MR) is 100 cm³/mol. The molecular formula is C19H17F3N6O. The van der Waals surface area contributed by atoms with E-state index >= 15 is 0 Å². The molecule has 0 fully saturated rings. The molecule has 0 atom stereocenters. The van der Waals surface area contributed by atoms with Crippen LogP contribution in [0.25, 0.3) is 11.3 Å². The molecule has 4 aromatic rings. The maximum atomic E-state index is 12.7. The molecule has 4 rings (SSSR count). The molecule has 29 heavy (non-hydrogen) atoms. The summed E-state index contributed by atoms with van der Waals surface area (Å²) in [5, 5.41) is 12.8. The number of hydrogen-bond donors (Lipinski definition) is 2.